The second-order valence-electron chi connectivity index (χ2n) is 12.6. The molecule has 0 aliphatic rings. The molecule has 2 heterocycles. The maximum Gasteiger partial charge on any atom is 0.336 e. The maximum atomic E-state index is 15.2. The minimum absolute atomic E-state index is 0.0315. The number of sulfonamides is 1. The summed E-state index contributed by atoms with van der Waals surface area (Å²) in [5.74, 6) is 3.29. The number of aryl methyl sites for hydroxylation is 3. The van der Waals surface area contributed by atoms with E-state index in [9.17, 15) is 13.2 Å². The minimum atomic E-state index is -4.39. The van der Waals surface area contributed by atoms with Crippen LogP contribution in [0.2, 0.25) is 19.6 Å². The first-order valence-corrected chi connectivity index (χ1v) is 21.8. The van der Waals surface area contributed by atoms with Gasteiger partial charge in [0.25, 0.3) is 10.0 Å². The maximum absolute atomic E-state index is 15.2. The van der Waals surface area contributed by atoms with Crippen molar-refractivity contribution in [1.82, 2.24) is 15.0 Å². The summed E-state index contributed by atoms with van der Waals surface area (Å²) in [5, 5.41) is 9.51. The molecule has 244 valence electrons. The van der Waals surface area contributed by atoms with Crippen molar-refractivity contribution in [3.05, 3.63) is 106 Å². The Morgan fingerprint density at radius 1 is 0.851 bits per heavy atom. The molecule has 0 spiro atoms. The average Bonchev–Trinajstić information content (AvgIpc) is 3.43. The van der Waals surface area contributed by atoms with Crippen molar-refractivity contribution in [2.75, 3.05) is 0 Å². The number of rotatable bonds is 9. The molecule has 5 aromatic rings. The first-order valence-electron chi connectivity index (χ1n) is 15.3. The second-order valence-corrected chi connectivity index (χ2v) is 21.3. The van der Waals surface area contributed by atoms with E-state index in [4.69, 9.17) is 4.42 Å². The van der Waals surface area contributed by atoms with Crippen LogP contribution in [0.4, 0.5) is 0 Å². The SMILES string of the molecule is Cc1ccc(S(=O)(=O)N=S(=O)(c2ccc(C)cc2)c2nnn(-c3ccc4c(C)cc(=O)oc4c3)c2CCCCC#C[Si](C)(C)C)cc1. The molecule has 0 saturated carbocycles. The fourth-order valence-electron chi connectivity index (χ4n) is 5.01. The van der Waals surface area contributed by atoms with Crippen molar-refractivity contribution < 1.29 is 17.0 Å². The van der Waals surface area contributed by atoms with Crippen LogP contribution in [0.25, 0.3) is 16.7 Å². The molecule has 12 heteroatoms. The Morgan fingerprint density at radius 2 is 1.49 bits per heavy atom. The monoisotopic (exact) mass is 686 g/mol. The van der Waals surface area contributed by atoms with Crippen molar-refractivity contribution in [3.8, 4) is 17.2 Å². The number of fused-ring (bicyclic) bond motifs is 1. The Hall–Kier alpha value is -4.31. The van der Waals surface area contributed by atoms with E-state index in [-0.39, 0.29) is 14.8 Å². The Morgan fingerprint density at radius 3 is 2.13 bits per heavy atom. The molecule has 0 aliphatic heterocycles. The Balaban J connectivity index is 1.70. The third-order valence-corrected chi connectivity index (χ3v) is 12.6. The van der Waals surface area contributed by atoms with Crippen LogP contribution in [0.1, 0.15) is 41.6 Å². The summed E-state index contributed by atoms with van der Waals surface area (Å²) < 4.78 is 53.9. The van der Waals surface area contributed by atoms with Crippen LogP contribution >= 0.6 is 0 Å². The summed E-state index contributed by atoms with van der Waals surface area (Å²) in [6.07, 6.45) is 2.48. The summed E-state index contributed by atoms with van der Waals surface area (Å²) in [6.45, 7) is 12.1. The fraction of sp³-hybridized carbons (Fsp3) is 0.286. The van der Waals surface area contributed by atoms with Gasteiger partial charge < -0.3 is 4.42 Å². The number of nitrogens with zero attached hydrogens (tertiary/aromatic N) is 4. The summed E-state index contributed by atoms with van der Waals surface area (Å²) in [7, 11) is -9.77. The first-order chi connectivity index (χ1) is 22.2. The number of aromatic nitrogens is 3. The molecule has 2 aromatic heterocycles. The predicted molar refractivity (Wildman–Crippen MR) is 187 cm³/mol. The van der Waals surface area contributed by atoms with Crippen LogP contribution in [0.3, 0.4) is 0 Å². The van der Waals surface area contributed by atoms with Gasteiger partial charge in [-0.3, -0.25) is 0 Å². The predicted octanol–water partition coefficient (Wildman–Crippen LogP) is 7.17. The van der Waals surface area contributed by atoms with Gasteiger partial charge in [-0.1, -0.05) is 64.0 Å². The lowest BCUT2D eigenvalue weighted by atomic mass is 10.1. The van der Waals surface area contributed by atoms with Crippen LogP contribution in [-0.2, 0) is 26.2 Å². The molecule has 5 rings (SSSR count). The van der Waals surface area contributed by atoms with Crippen LogP contribution < -0.4 is 5.63 Å². The van der Waals surface area contributed by atoms with Gasteiger partial charge in [-0.05, 0) is 82.0 Å². The third kappa shape index (κ3) is 7.81. The summed E-state index contributed by atoms with van der Waals surface area (Å²) in [5.41, 5.74) is 6.79. The van der Waals surface area contributed by atoms with E-state index in [2.05, 4.69) is 45.2 Å². The van der Waals surface area contributed by atoms with Gasteiger partial charge in [-0.15, -0.1) is 16.6 Å². The van der Waals surface area contributed by atoms with E-state index in [0.29, 0.717) is 36.2 Å². The smallest absolute Gasteiger partial charge is 0.336 e. The fourth-order valence-corrected chi connectivity index (χ4v) is 9.60. The van der Waals surface area contributed by atoms with Crippen molar-refractivity contribution in [2.45, 2.75) is 80.9 Å². The molecular weight excluding hydrogens is 649 g/mol. The van der Waals surface area contributed by atoms with Crippen LogP contribution in [0.15, 0.2) is 101 Å². The molecule has 0 bridgehead atoms. The van der Waals surface area contributed by atoms with E-state index in [0.717, 1.165) is 28.5 Å². The molecule has 1 unspecified atom stereocenters. The van der Waals surface area contributed by atoms with Gasteiger partial charge in [0.05, 0.1) is 21.2 Å². The largest absolute Gasteiger partial charge is 0.423 e. The number of hydrogen-bond acceptors (Lipinski definition) is 7. The standard InChI is InChI=1S/C35H38N4O5S2Si/c1-25-12-17-29(18-13-25)45(41,38-46(42,43)30-19-14-26(2)15-20-30)35-32(11-9-7-8-10-22-47(4,5)6)39(37-36-35)28-16-21-31-27(3)23-34(40)44-33(31)24-28/h12-21,23-24H,7-9,11H2,1-6H3. The Labute approximate surface area is 277 Å². The van der Waals surface area contributed by atoms with Gasteiger partial charge in [0.2, 0.25) is 0 Å². The molecule has 9 nitrogen and oxygen atoms in total. The first kappa shape index (κ1) is 34.0. The number of benzene rings is 3. The quantitative estimate of drug-likeness (QED) is 0.0697. The molecule has 0 radical (unpaired) electrons. The molecule has 0 amide bonds. The highest BCUT2D eigenvalue weighted by Gasteiger charge is 2.30. The molecule has 1 atom stereocenters. The van der Waals surface area contributed by atoms with E-state index in [1.54, 1.807) is 42.5 Å². The van der Waals surface area contributed by atoms with Gasteiger partial charge in [-0.25, -0.2) is 13.7 Å². The van der Waals surface area contributed by atoms with Crippen molar-refractivity contribution in [3.63, 3.8) is 0 Å². The molecule has 3 aromatic carbocycles. The van der Waals surface area contributed by atoms with Gasteiger partial charge in [0.1, 0.15) is 23.4 Å². The lowest BCUT2D eigenvalue weighted by Crippen LogP contribution is -2.16. The van der Waals surface area contributed by atoms with E-state index in [1.165, 1.54) is 22.9 Å². The van der Waals surface area contributed by atoms with Gasteiger partial charge in [0, 0.05) is 23.9 Å². The minimum Gasteiger partial charge on any atom is -0.423 e. The highest BCUT2D eigenvalue weighted by atomic mass is 32.3. The lowest BCUT2D eigenvalue weighted by Gasteiger charge is -2.13. The zero-order valence-electron chi connectivity index (χ0n) is 27.4. The van der Waals surface area contributed by atoms with Crippen molar-refractivity contribution in [1.29, 1.82) is 0 Å². The van der Waals surface area contributed by atoms with Crippen molar-refractivity contribution in [2.24, 2.45) is 3.77 Å². The van der Waals surface area contributed by atoms with Crippen LogP contribution in [0, 0.1) is 32.2 Å². The van der Waals surface area contributed by atoms with Crippen LogP contribution in [-0.4, -0.2) is 35.7 Å². The van der Waals surface area contributed by atoms with Gasteiger partial charge >= 0.3 is 5.63 Å². The van der Waals surface area contributed by atoms with Crippen LogP contribution in [0.5, 0.6) is 0 Å². The average molecular weight is 687 g/mol. The highest BCUT2D eigenvalue weighted by molar-refractivity contribution is 8.03. The normalized spacial score (nSPS) is 13.1. The molecule has 0 fully saturated rings. The zero-order chi connectivity index (χ0) is 34.0. The van der Waals surface area contributed by atoms with E-state index in [1.807, 2.05) is 32.9 Å². The summed E-state index contributed by atoms with van der Waals surface area (Å²) in [6, 6.07) is 19.7. The number of unbranched alkanes of at least 4 members (excludes halogenated alkanes) is 2. The highest BCUT2D eigenvalue weighted by Crippen LogP contribution is 2.31. The van der Waals surface area contributed by atoms with Gasteiger partial charge in [0.15, 0.2) is 5.03 Å². The Bertz CT molecular complexity index is 2300. The van der Waals surface area contributed by atoms with E-state index >= 15 is 4.21 Å². The molecule has 0 aliphatic carbocycles. The molecule has 0 N–H and O–H groups in total. The number of hydrogen-bond donors (Lipinski definition) is 0. The van der Waals surface area contributed by atoms with Gasteiger partial charge in [-0.2, -0.15) is 8.42 Å². The topological polar surface area (TPSA) is 124 Å². The third-order valence-electron chi connectivity index (χ3n) is 7.46. The Kier molecular flexibility index (Phi) is 9.72. The summed E-state index contributed by atoms with van der Waals surface area (Å²) in [4.78, 5) is 12.3. The van der Waals surface area contributed by atoms with E-state index < -0.39 is 33.5 Å². The lowest BCUT2D eigenvalue weighted by molar-refractivity contribution is 0.559. The molecular formula is C35H38N4O5S2Si. The second kappa shape index (κ2) is 13.4. The zero-order valence-corrected chi connectivity index (χ0v) is 30.0. The summed E-state index contributed by atoms with van der Waals surface area (Å²) >= 11 is 0. The molecule has 47 heavy (non-hydrogen) atoms. The molecule has 0 saturated heterocycles. The van der Waals surface area contributed by atoms with Crippen molar-refractivity contribution >= 4 is 38.8 Å².